The highest BCUT2D eigenvalue weighted by Crippen LogP contribution is 2.23. The molecule has 5 amide bonds. The monoisotopic (exact) mass is 1070 g/mol. The number of rotatable bonds is 0. The second-order valence-corrected chi connectivity index (χ2v) is 21.2. The van der Waals surface area contributed by atoms with E-state index in [1.54, 1.807) is 62.3 Å². The van der Waals surface area contributed by atoms with Crippen LogP contribution in [0, 0.1) is 0 Å². The summed E-state index contributed by atoms with van der Waals surface area (Å²) in [5.41, 5.74) is -4.64. The van der Waals surface area contributed by atoms with Crippen molar-refractivity contribution < 1.29 is 110 Å². The summed E-state index contributed by atoms with van der Waals surface area (Å²) >= 11 is 0. The Morgan fingerprint density at radius 3 is 1.18 bits per heavy atom. The molecule has 5 aliphatic heterocycles. The molecule has 6 atom stereocenters. The first-order valence-electron chi connectivity index (χ1n) is 36.5. The molecule has 426 valence electrons. The Bertz CT molecular complexity index is 2860. The molecule has 0 radical (unpaired) electrons. The second-order valence-electron chi connectivity index (χ2n) is 21.2. The number of amides is 5. The van der Waals surface area contributed by atoms with Crippen molar-refractivity contribution >= 4 is 36.2 Å². The van der Waals surface area contributed by atoms with Crippen LogP contribution in [0.3, 0.4) is 0 Å². The van der Waals surface area contributed by atoms with Crippen LogP contribution in [0.5, 0.6) is 0 Å². The van der Waals surface area contributed by atoms with E-state index in [4.69, 9.17) is 60.7 Å². The van der Waals surface area contributed by atoms with Gasteiger partial charge in [0, 0.05) is 107 Å². The van der Waals surface area contributed by atoms with Crippen molar-refractivity contribution in [2.45, 2.75) is 259 Å². The van der Waals surface area contributed by atoms with Gasteiger partial charge in [-0.15, -0.1) is 0 Å². The molecule has 5 aliphatic rings. The van der Waals surface area contributed by atoms with Crippen LogP contribution < -0.4 is 0 Å². The van der Waals surface area contributed by atoms with E-state index in [0.29, 0.717) is 14.7 Å². The van der Waals surface area contributed by atoms with Crippen LogP contribution in [-0.2, 0) is 28.5 Å². The topological polar surface area (TPSA) is 246 Å². The molecule has 0 spiro atoms. The summed E-state index contributed by atoms with van der Waals surface area (Å²) in [4.78, 5) is 73.2. The van der Waals surface area contributed by atoms with Crippen molar-refractivity contribution in [2.24, 2.45) is 0 Å². The fraction of sp³-hybridized carbons (Fsp3) is 0.887. The number of ketones is 1. The Balaban J connectivity index is 0.000000627. The number of piperidine rings is 5. The lowest BCUT2D eigenvalue weighted by molar-refractivity contribution is -0.121. The van der Waals surface area contributed by atoms with Crippen molar-refractivity contribution in [1.82, 2.24) is 24.5 Å². The summed E-state index contributed by atoms with van der Waals surface area (Å²) in [6.45, 7) is 8.36. The van der Waals surface area contributed by atoms with Gasteiger partial charge in [0.1, 0.15) is 33.8 Å². The van der Waals surface area contributed by atoms with Crippen LogP contribution >= 0.6 is 0 Å². The van der Waals surface area contributed by atoms with Gasteiger partial charge in [0.05, 0.1) is 31.2 Å². The molecule has 0 aliphatic carbocycles. The number of carbonyl (C=O) groups excluding carboxylic acids is 6. The van der Waals surface area contributed by atoms with E-state index in [-0.39, 0.29) is 29.1 Å². The quantitative estimate of drug-likeness (QED) is 0.167. The third kappa shape index (κ3) is 29.5. The van der Waals surface area contributed by atoms with Crippen molar-refractivity contribution in [1.29, 1.82) is 0 Å². The molecule has 20 nitrogen and oxygen atoms in total. The van der Waals surface area contributed by atoms with Crippen LogP contribution in [0.25, 0.3) is 0 Å². The van der Waals surface area contributed by atoms with Gasteiger partial charge in [-0.2, -0.15) is 0 Å². The standard InChI is InChI=1S/3C11H21NO3.C10H19NO3.C10H17NO3/c3*1-8-7-9(13)5-6-12(8)10(14)15-11(2,3)4;2*1-10(2,3)14-9(13)11-6-4-8(12)5-7-11/h3*8-9,13H,5-7H2,1-4H3;8,12H,4-7H2,1-3H3;4-7H2,1-3H3/i5D2,6D2,7D2,8D,9D;5D2,6D2,7D2,8D;6D2,8D,9D;2*6D2,7D2. The number of nitrogens with zero attached hydrogens (tertiary/aromatic N) is 5. The number of aliphatic hydroxyl groups is 4. The molecule has 0 aromatic carbocycles. The first kappa shape index (κ1) is 34.5. The predicted molar refractivity (Wildman–Crippen MR) is 278 cm³/mol. The first-order chi connectivity index (χ1) is 43.0. The summed E-state index contributed by atoms with van der Waals surface area (Å²) in [5, 5.41) is 39.1. The Morgan fingerprint density at radius 2 is 0.795 bits per heavy atom. The van der Waals surface area contributed by atoms with Gasteiger partial charge in [-0.05, 0) is 176 Å². The Kier molecular flexibility index (Phi) is 13.8. The van der Waals surface area contributed by atoms with E-state index < -0.39 is 197 Å². The molecule has 5 rings (SSSR count). The lowest BCUT2D eigenvalue weighted by atomic mass is 10.0. The third-order valence-electron chi connectivity index (χ3n) is 7.92. The van der Waals surface area contributed by atoms with Crippen molar-refractivity contribution in [3.8, 4) is 0 Å². The van der Waals surface area contributed by atoms with Crippen LogP contribution in [0.2, 0.25) is 0 Å². The zero-order valence-corrected chi connectivity index (χ0v) is 45.4. The summed E-state index contributed by atoms with van der Waals surface area (Å²) < 4.78 is 235. The maximum absolute atomic E-state index is 12.3. The number of Topliss-reactive ketones (excluding diaryl/α,β-unsaturated/α-hetero) is 1. The van der Waals surface area contributed by atoms with E-state index in [2.05, 4.69) is 0 Å². The molecule has 0 saturated carbocycles. The van der Waals surface area contributed by atoms with E-state index in [0.717, 1.165) is 13.8 Å². The molecular formula is C53H99N5O15. The van der Waals surface area contributed by atoms with Gasteiger partial charge in [0.15, 0.2) is 0 Å². The van der Waals surface area contributed by atoms with Gasteiger partial charge < -0.3 is 68.6 Å². The number of ether oxygens (including phenoxy) is 5. The Labute approximate surface area is 475 Å². The first-order valence-corrected chi connectivity index (χ1v) is 23.0. The van der Waals surface area contributed by atoms with Gasteiger partial charge in [-0.3, -0.25) is 4.79 Å². The van der Waals surface area contributed by atoms with E-state index in [1.807, 2.05) is 0 Å². The number of hydrogen-bond donors (Lipinski definition) is 4. The molecule has 20 heteroatoms. The van der Waals surface area contributed by atoms with E-state index >= 15 is 0 Å². The SMILES string of the molecule is [2H]C1(O)CC([2H])([2H])N(C(=O)OC(C)(C)C)C([2H])(C)C1.[2H]C1([2H])C(O)C([2H])([2H])C([2H])(C)N(C(=O)OC(C)(C)C)C1([2H])[2H].[2H]C1([2H])CC(=O)CC([2H])([2H])N1C(=O)OC(C)(C)C.[2H]C1([2H])CC(O)CC([2H])([2H])N1C(=O)OC(C)(C)C.[2H]C1([2H])N(C(=O)OC(C)(C)C)C([2H])(C)C([2H])([2H])C([2H])(O)C1([2H])[2H]. The number of aliphatic hydroxyl groups excluding tert-OH is 2. The van der Waals surface area contributed by atoms with Crippen molar-refractivity contribution in [3.63, 3.8) is 0 Å². The predicted octanol–water partition coefficient (Wildman–Crippen LogP) is 8.26. The minimum absolute atomic E-state index is 0.0335. The van der Waals surface area contributed by atoms with Crippen molar-refractivity contribution in [3.05, 3.63) is 0 Å². The number of likely N-dealkylation sites (tertiary alicyclic amines) is 5. The smallest absolute Gasteiger partial charge is 0.410 e. The highest BCUT2D eigenvalue weighted by molar-refractivity contribution is 5.81. The molecule has 0 aromatic heterocycles. The third-order valence-corrected chi connectivity index (χ3v) is 7.92. The van der Waals surface area contributed by atoms with Crippen LogP contribution in [-0.4, -0.2) is 197 Å². The molecule has 5 saturated heterocycles. The highest BCUT2D eigenvalue weighted by Gasteiger charge is 2.34. The average Bonchev–Trinajstić information content (AvgIpc) is 0.682. The largest absolute Gasteiger partial charge is 0.444 e. The fourth-order valence-corrected chi connectivity index (χ4v) is 5.06. The normalized spacial score (nSPS) is 42.4. The second kappa shape index (κ2) is 29.2. The fourth-order valence-electron chi connectivity index (χ4n) is 5.06. The van der Waals surface area contributed by atoms with Gasteiger partial charge in [0.2, 0.25) is 0 Å². The summed E-state index contributed by atoms with van der Waals surface area (Å²) in [6.07, 6.45) is -30.7. The Morgan fingerprint density at radius 1 is 0.452 bits per heavy atom. The zero-order valence-electron chi connectivity index (χ0n) is 72.4. The van der Waals surface area contributed by atoms with Gasteiger partial charge in [-0.25, -0.2) is 24.0 Å². The number of hydrogen-bond acceptors (Lipinski definition) is 15. The molecule has 5 fully saturated rings. The molecule has 4 N–H and O–H groups in total. The minimum atomic E-state index is -3.61. The average molecular weight is 1070 g/mol. The molecule has 6 unspecified atom stereocenters. The van der Waals surface area contributed by atoms with Crippen molar-refractivity contribution in [2.75, 3.05) is 45.5 Å². The van der Waals surface area contributed by atoms with Gasteiger partial charge >= 0.3 is 30.5 Å². The summed E-state index contributed by atoms with van der Waals surface area (Å²) in [7, 11) is 0. The molecule has 0 bridgehead atoms. The van der Waals surface area contributed by atoms with Crippen LogP contribution in [0.1, 0.15) is 226 Å². The molecule has 73 heavy (non-hydrogen) atoms. The van der Waals surface area contributed by atoms with Gasteiger partial charge in [-0.1, -0.05) is 0 Å². The maximum Gasteiger partial charge on any atom is 0.410 e. The lowest BCUT2D eigenvalue weighted by Crippen LogP contribution is -2.47. The molecular weight excluding hydrogens is 947 g/mol. The number of carbonyl (C=O) groups is 6. The van der Waals surface area contributed by atoms with Gasteiger partial charge in [0.25, 0.3) is 0 Å². The zero-order chi connectivity index (χ0) is 80.8. The molecule has 0 aromatic rings. The highest BCUT2D eigenvalue weighted by atomic mass is 16.6. The minimum Gasteiger partial charge on any atom is -0.444 e. The van der Waals surface area contributed by atoms with E-state index in [1.165, 1.54) is 48.5 Å². The molecule has 5 heterocycles. The van der Waals surface area contributed by atoms with Crippen LogP contribution in [0.15, 0.2) is 0 Å². The maximum atomic E-state index is 12.3. The Hall–Kier alpha value is -4.14. The van der Waals surface area contributed by atoms with Crippen LogP contribution in [0.4, 0.5) is 24.0 Å². The summed E-state index contributed by atoms with van der Waals surface area (Å²) in [5.74, 6) is -0.551. The van der Waals surface area contributed by atoms with E-state index in [9.17, 15) is 49.2 Å². The lowest BCUT2D eigenvalue weighted by Gasteiger charge is -2.36. The summed E-state index contributed by atoms with van der Waals surface area (Å²) in [6, 6.07) is -7.13.